The molecule has 1 aliphatic rings. The van der Waals surface area contributed by atoms with Gasteiger partial charge in [0.05, 0.1) is 4.91 Å². The zero-order chi connectivity index (χ0) is 24.0. The molecule has 0 unspecified atom stereocenters. The van der Waals surface area contributed by atoms with Crippen LogP contribution in [0.1, 0.15) is 42.3 Å². The summed E-state index contributed by atoms with van der Waals surface area (Å²) in [6.45, 7) is 8.43. The van der Waals surface area contributed by atoms with Crippen molar-refractivity contribution in [1.29, 1.82) is 0 Å². The average Bonchev–Trinajstić information content (AvgIpc) is 3.06. The van der Waals surface area contributed by atoms with Crippen LogP contribution in [0.4, 0.5) is 9.18 Å². The van der Waals surface area contributed by atoms with E-state index in [1.807, 2.05) is 12.1 Å². The fraction of sp³-hybridized carbons (Fsp3) is 0.320. The summed E-state index contributed by atoms with van der Waals surface area (Å²) in [5.74, 6) is -1.05. The van der Waals surface area contributed by atoms with Crippen molar-refractivity contribution in [2.45, 2.75) is 33.4 Å². The van der Waals surface area contributed by atoms with Gasteiger partial charge in [-0.3, -0.25) is 24.2 Å². The van der Waals surface area contributed by atoms with Gasteiger partial charge in [0.1, 0.15) is 5.82 Å². The molecular formula is C25H28FN3O3S. The highest BCUT2D eigenvalue weighted by Gasteiger charge is 2.34. The molecule has 3 rings (SSSR count). The van der Waals surface area contributed by atoms with Gasteiger partial charge in [0, 0.05) is 31.2 Å². The molecule has 33 heavy (non-hydrogen) atoms. The van der Waals surface area contributed by atoms with Crippen LogP contribution in [0.15, 0.2) is 53.4 Å². The van der Waals surface area contributed by atoms with Crippen LogP contribution >= 0.6 is 11.8 Å². The maximum atomic E-state index is 13.1. The summed E-state index contributed by atoms with van der Waals surface area (Å²) < 4.78 is 13.1. The van der Waals surface area contributed by atoms with Gasteiger partial charge < -0.3 is 5.32 Å². The molecule has 3 amide bonds. The van der Waals surface area contributed by atoms with E-state index in [0.717, 1.165) is 35.3 Å². The largest absolute Gasteiger partial charge is 0.350 e. The number of hydrogen-bond acceptors (Lipinski definition) is 5. The van der Waals surface area contributed by atoms with Crippen LogP contribution in [-0.2, 0) is 11.3 Å². The van der Waals surface area contributed by atoms with Crippen molar-refractivity contribution >= 4 is 34.9 Å². The second-order valence-corrected chi connectivity index (χ2v) is 8.99. The van der Waals surface area contributed by atoms with Gasteiger partial charge >= 0.3 is 0 Å². The van der Waals surface area contributed by atoms with Crippen molar-refractivity contribution < 1.29 is 18.8 Å². The summed E-state index contributed by atoms with van der Waals surface area (Å²) in [5.41, 5.74) is 2.29. The fourth-order valence-electron chi connectivity index (χ4n) is 3.44. The zero-order valence-electron chi connectivity index (χ0n) is 19.0. The summed E-state index contributed by atoms with van der Waals surface area (Å²) in [6.07, 6.45) is 1.56. The number of carbonyl (C=O) groups excluding carboxylic acids is 3. The Bertz CT molecular complexity index is 1040. The molecule has 1 fully saturated rings. The summed E-state index contributed by atoms with van der Waals surface area (Å²) in [4.78, 5) is 41.0. The van der Waals surface area contributed by atoms with Crippen LogP contribution in [0.2, 0.25) is 0 Å². The fourth-order valence-corrected chi connectivity index (χ4v) is 4.31. The number of thioether (sulfide) groups is 1. The Kier molecular flexibility index (Phi) is 8.41. The molecule has 0 saturated carbocycles. The normalized spacial score (nSPS) is 15.2. The average molecular weight is 470 g/mol. The van der Waals surface area contributed by atoms with E-state index in [9.17, 15) is 18.8 Å². The van der Waals surface area contributed by atoms with Gasteiger partial charge in [-0.15, -0.1) is 0 Å². The van der Waals surface area contributed by atoms with Crippen molar-refractivity contribution in [3.63, 3.8) is 0 Å². The lowest BCUT2D eigenvalue weighted by atomic mass is 10.1. The van der Waals surface area contributed by atoms with Crippen LogP contribution in [-0.4, -0.2) is 52.5 Å². The summed E-state index contributed by atoms with van der Waals surface area (Å²) in [7, 11) is 0. The van der Waals surface area contributed by atoms with Crippen molar-refractivity contribution in [2.75, 3.05) is 19.6 Å². The third-order valence-electron chi connectivity index (χ3n) is 5.40. The summed E-state index contributed by atoms with van der Waals surface area (Å²) in [6, 6.07) is 13.6. The first-order valence-corrected chi connectivity index (χ1v) is 11.7. The second kappa shape index (κ2) is 11.2. The number of hydrogen-bond donors (Lipinski definition) is 1. The number of rotatable bonds is 9. The standard InChI is InChI=1S/C25H28FN3O3S/c1-4-28(17(2)3)16-19-5-9-20(10-6-19)23(30)27-13-14-29-24(31)22(33-25(29)32)15-18-7-11-21(26)12-8-18/h5-12,15,17H,4,13-14,16H2,1-3H3,(H,27,30)/b22-15+. The maximum absolute atomic E-state index is 13.1. The van der Waals surface area contributed by atoms with Crippen molar-refractivity contribution in [2.24, 2.45) is 0 Å². The van der Waals surface area contributed by atoms with Gasteiger partial charge in [-0.25, -0.2) is 4.39 Å². The van der Waals surface area contributed by atoms with E-state index in [1.54, 1.807) is 18.2 Å². The van der Waals surface area contributed by atoms with E-state index >= 15 is 0 Å². The Balaban J connectivity index is 1.52. The van der Waals surface area contributed by atoms with Crippen LogP contribution in [0, 0.1) is 5.82 Å². The molecule has 0 aromatic heterocycles. The lowest BCUT2D eigenvalue weighted by Crippen LogP contribution is -2.37. The van der Waals surface area contributed by atoms with Gasteiger partial charge in [0.2, 0.25) is 0 Å². The first-order valence-electron chi connectivity index (χ1n) is 10.9. The monoisotopic (exact) mass is 469 g/mol. The van der Waals surface area contributed by atoms with E-state index in [-0.39, 0.29) is 29.7 Å². The first kappa shape index (κ1) is 24.7. The molecule has 2 aromatic rings. The van der Waals surface area contributed by atoms with Gasteiger partial charge in [0.25, 0.3) is 17.1 Å². The predicted molar refractivity (Wildman–Crippen MR) is 129 cm³/mol. The summed E-state index contributed by atoms with van der Waals surface area (Å²) in [5, 5.41) is 2.37. The van der Waals surface area contributed by atoms with Crippen LogP contribution in [0.5, 0.6) is 0 Å². The Morgan fingerprint density at radius 2 is 1.79 bits per heavy atom. The van der Waals surface area contributed by atoms with E-state index in [1.165, 1.54) is 24.3 Å². The highest BCUT2D eigenvalue weighted by Crippen LogP contribution is 2.31. The molecule has 0 radical (unpaired) electrons. The smallest absolute Gasteiger partial charge is 0.293 e. The highest BCUT2D eigenvalue weighted by molar-refractivity contribution is 8.18. The topological polar surface area (TPSA) is 69.7 Å². The van der Waals surface area contributed by atoms with Crippen molar-refractivity contribution in [3.05, 3.63) is 75.9 Å². The Hall–Kier alpha value is -2.97. The number of nitrogens with zero attached hydrogens (tertiary/aromatic N) is 2. The van der Waals surface area contributed by atoms with Crippen molar-refractivity contribution in [1.82, 2.24) is 15.1 Å². The van der Waals surface area contributed by atoms with E-state index in [0.29, 0.717) is 17.2 Å². The Morgan fingerprint density at radius 1 is 1.12 bits per heavy atom. The molecule has 0 bridgehead atoms. The Morgan fingerprint density at radius 3 is 2.39 bits per heavy atom. The lowest BCUT2D eigenvalue weighted by Gasteiger charge is -2.24. The first-order chi connectivity index (χ1) is 15.8. The van der Waals surface area contributed by atoms with Crippen molar-refractivity contribution in [3.8, 4) is 0 Å². The molecule has 0 aliphatic carbocycles. The number of nitrogens with one attached hydrogen (secondary N) is 1. The molecule has 0 atom stereocenters. The lowest BCUT2D eigenvalue weighted by molar-refractivity contribution is -0.122. The summed E-state index contributed by atoms with van der Waals surface area (Å²) >= 11 is 0.834. The van der Waals surface area contributed by atoms with Gasteiger partial charge in [-0.1, -0.05) is 31.2 Å². The number of carbonyl (C=O) groups is 3. The van der Waals surface area contributed by atoms with Crippen LogP contribution in [0.3, 0.4) is 0 Å². The third kappa shape index (κ3) is 6.52. The molecule has 1 saturated heterocycles. The van der Waals surface area contributed by atoms with Crippen LogP contribution in [0.25, 0.3) is 6.08 Å². The maximum Gasteiger partial charge on any atom is 0.293 e. The van der Waals surface area contributed by atoms with E-state index in [2.05, 4.69) is 31.0 Å². The number of imide groups is 1. The number of amides is 3. The van der Waals surface area contributed by atoms with Gasteiger partial charge in [-0.05, 0) is 73.6 Å². The highest BCUT2D eigenvalue weighted by atomic mass is 32.2. The SMILES string of the molecule is CCN(Cc1ccc(C(=O)NCCN2C(=O)S/C(=C/c3ccc(F)cc3)C2=O)cc1)C(C)C. The molecule has 6 nitrogen and oxygen atoms in total. The zero-order valence-corrected chi connectivity index (χ0v) is 19.8. The van der Waals surface area contributed by atoms with Gasteiger partial charge in [-0.2, -0.15) is 0 Å². The predicted octanol–water partition coefficient (Wildman–Crippen LogP) is 4.52. The molecule has 1 aliphatic heterocycles. The second-order valence-electron chi connectivity index (χ2n) is 7.99. The Labute approximate surface area is 197 Å². The van der Waals surface area contributed by atoms with E-state index in [4.69, 9.17) is 0 Å². The molecule has 1 heterocycles. The minimum atomic E-state index is -0.418. The minimum Gasteiger partial charge on any atom is -0.350 e. The number of halogens is 1. The molecule has 2 aromatic carbocycles. The minimum absolute atomic E-state index is 0.0785. The molecule has 1 N–H and O–H groups in total. The molecule has 174 valence electrons. The molecular weight excluding hydrogens is 441 g/mol. The quantitative estimate of drug-likeness (QED) is 0.547. The molecule has 8 heteroatoms. The third-order valence-corrected chi connectivity index (χ3v) is 6.31. The van der Waals surface area contributed by atoms with E-state index < -0.39 is 11.1 Å². The number of benzene rings is 2. The molecule has 0 spiro atoms. The van der Waals surface area contributed by atoms with Gasteiger partial charge in [0.15, 0.2) is 0 Å². The van der Waals surface area contributed by atoms with Crippen LogP contribution < -0.4 is 5.32 Å².